The van der Waals surface area contributed by atoms with Crippen molar-refractivity contribution in [3.05, 3.63) is 40.6 Å². The van der Waals surface area contributed by atoms with E-state index in [1.807, 2.05) is 22.8 Å². The molecule has 0 amide bonds. The van der Waals surface area contributed by atoms with Gasteiger partial charge in [-0.1, -0.05) is 12.1 Å². The van der Waals surface area contributed by atoms with Gasteiger partial charge in [-0.15, -0.1) is 0 Å². The molecule has 1 aromatic heterocycles. The molecule has 3 heterocycles. The van der Waals surface area contributed by atoms with Gasteiger partial charge >= 0.3 is 5.69 Å². The predicted molar refractivity (Wildman–Crippen MR) is 122 cm³/mol. The minimum absolute atomic E-state index is 0.0274. The molecule has 9 heteroatoms. The van der Waals surface area contributed by atoms with Crippen molar-refractivity contribution in [2.45, 2.75) is 51.2 Å². The van der Waals surface area contributed by atoms with E-state index in [0.717, 1.165) is 81.5 Å². The molecular weight excluding hydrogens is 394 g/mol. The van der Waals surface area contributed by atoms with E-state index in [9.17, 15) is 4.79 Å². The number of benzene rings is 1. The number of nitrogens with one attached hydrogen (secondary N) is 2. The van der Waals surface area contributed by atoms with Crippen molar-refractivity contribution in [3.63, 3.8) is 0 Å². The first-order valence-electron chi connectivity index (χ1n) is 11.2. The SMILES string of the molecule is CN=C(NCCCn1nc2n(c1=O)CCCC2)NC1CCN(c2ccccc2OC)C1. The molecule has 1 atom stereocenters. The van der Waals surface area contributed by atoms with Crippen LogP contribution in [0, 0.1) is 0 Å². The van der Waals surface area contributed by atoms with Crippen molar-refractivity contribution < 1.29 is 4.74 Å². The summed E-state index contributed by atoms with van der Waals surface area (Å²) >= 11 is 0. The fourth-order valence-electron chi connectivity index (χ4n) is 4.41. The molecule has 1 aromatic carbocycles. The lowest BCUT2D eigenvalue weighted by Crippen LogP contribution is -2.45. The summed E-state index contributed by atoms with van der Waals surface area (Å²) < 4.78 is 8.94. The first-order valence-corrected chi connectivity index (χ1v) is 11.2. The minimum atomic E-state index is 0.0274. The lowest BCUT2D eigenvalue weighted by atomic mass is 10.2. The molecule has 1 saturated heterocycles. The summed E-state index contributed by atoms with van der Waals surface area (Å²) in [6.07, 6.45) is 4.95. The van der Waals surface area contributed by atoms with Crippen molar-refractivity contribution in [1.82, 2.24) is 25.0 Å². The van der Waals surface area contributed by atoms with Crippen LogP contribution >= 0.6 is 0 Å². The standard InChI is InChI=1S/C22H33N7O2/c1-23-21(24-12-7-14-29-22(30)28-13-6-5-10-20(28)26-29)25-17-11-15-27(16-17)18-8-3-4-9-19(18)31-2/h3-4,8-9,17H,5-7,10-16H2,1-2H3,(H2,23,24,25). The number of aliphatic imine (C=N–C) groups is 1. The van der Waals surface area contributed by atoms with Crippen molar-refractivity contribution in [2.24, 2.45) is 4.99 Å². The normalized spacial score (nSPS) is 18.7. The van der Waals surface area contributed by atoms with Crippen LogP contribution in [0.5, 0.6) is 5.75 Å². The van der Waals surface area contributed by atoms with E-state index in [1.165, 1.54) is 0 Å². The number of para-hydroxylation sites is 2. The van der Waals surface area contributed by atoms with Gasteiger partial charge in [0.25, 0.3) is 0 Å². The third kappa shape index (κ3) is 4.86. The van der Waals surface area contributed by atoms with Gasteiger partial charge in [0.05, 0.1) is 12.8 Å². The van der Waals surface area contributed by atoms with Gasteiger partial charge in [0.1, 0.15) is 11.6 Å². The van der Waals surface area contributed by atoms with Gasteiger partial charge in [0.15, 0.2) is 5.96 Å². The Bertz CT molecular complexity index is 965. The van der Waals surface area contributed by atoms with Gasteiger partial charge < -0.3 is 20.3 Å². The molecule has 168 valence electrons. The second kappa shape index (κ2) is 9.89. The molecule has 2 aromatic rings. The van der Waals surface area contributed by atoms with Crippen LogP contribution < -0.4 is 26.0 Å². The number of rotatable bonds is 7. The topological polar surface area (TPSA) is 88.7 Å². The van der Waals surface area contributed by atoms with Crippen molar-refractivity contribution in [3.8, 4) is 5.75 Å². The Morgan fingerprint density at radius 2 is 2.16 bits per heavy atom. The van der Waals surface area contributed by atoms with Gasteiger partial charge in [0.2, 0.25) is 0 Å². The number of ether oxygens (including phenoxy) is 1. The molecule has 0 radical (unpaired) electrons. The summed E-state index contributed by atoms with van der Waals surface area (Å²) in [7, 11) is 3.50. The largest absolute Gasteiger partial charge is 0.495 e. The number of methoxy groups -OCH3 is 1. The molecule has 4 rings (SSSR count). The second-order valence-corrected chi connectivity index (χ2v) is 8.13. The summed E-state index contributed by atoms with van der Waals surface area (Å²) in [4.78, 5) is 19.1. The monoisotopic (exact) mass is 427 g/mol. The van der Waals surface area contributed by atoms with Crippen LogP contribution in [-0.4, -0.2) is 60.1 Å². The average molecular weight is 428 g/mol. The molecule has 2 aliphatic rings. The Kier molecular flexibility index (Phi) is 6.79. The number of guanidine groups is 1. The fraction of sp³-hybridized carbons (Fsp3) is 0.591. The summed E-state index contributed by atoms with van der Waals surface area (Å²) in [5.41, 5.74) is 1.16. The van der Waals surface area contributed by atoms with Gasteiger partial charge in [-0.3, -0.25) is 9.56 Å². The van der Waals surface area contributed by atoms with E-state index in [1.54, 1.807) is 18.8 Å². The number of fused-ring (bicyclic) bond motifs is 1. The second-order valence-electron chi connectivity index (χ2n) is 8.13. The third-order valence-corrected chi connectivity index (χ3v) is 6.05. The van der Waals surface area contributed by atoms with E-state index < -0.39 is 0 Å². The molecule has 0 aliphatic carbocycles. The summed E-state index contributed by atoms with van der Waals surface area (Å²) in [5.74, 6) is 2.63. The van der Waals surface area contributed by atoms with E-state index >= 15 is 0 Å². The van der Waals surface area contributed by atoms with Crippen LogP contribution in [0.3, 0.4) is 0 Å². The molecule has 0 spiro atoms. The average Bonchev–Trinajstić information content (AvgIpc) is 3.40. The number of hydrogen-bond acceptors (Lipinski definition) is 5. The maximum atomic E-state index is 12.4. The fourth-order valence-corrected chi connectivity index (χ4v) is 4.41. The minimum Gasteiger partial charge on any atom is -0.495 e. The molecule has 1 unspecified atom stereocenters. The number of aryl methyl sites for hydroxylation is 2. The highest BCUT2D eigenvalue weighted by molar-refractivity contribution is 5.80. The van der Waals surface area contributed by atoms with E-state index in [4.69, 9.17) is 4.74 Å². The molecule has 0 saturated carbocycles. The van der Waals surface area contributed by atoms with Crippen molar-refractivity contribution in [1.29, 1.82) is 0 Å². The van der Waals surface area contributed by atoms with Crippen LogP contribution in [0.2, 0.25) is 0 Å². The molecule has 2 aliphatic heterocycles. The maximum absolute atomic E-state index is 12.4. The van der Waals surface area contributed by atoms with E-state index in [2.05, 4.69) is 31.7 Å². The van der Waals surface area contributed by atoms with E-state index in [0.29, 0.717) is 12.6 Å². The molecule has 31 heavy (non-hydrogen) atoms. The maximum Gasteiger partial charge on any atom is 0.345 e. The zero-order chi connectivity index (χ0) is 21.6. The number of hydrogen-bond donors (Lipinski definition) is 2. The Morgan fingerprint density at radius 3 is 2.97 bits per heavy atom. The van der Waals surface area contributed by atoms with E-state index in [-0.39, 0.29) is 5.69 Å². The zero-order valence-corrected chi connectivity index (χ0v) is 18.5. The molecule has 9 nitrogen and oxygen atoms in total. The lowest BCUT2D eigenvalue weighted by molar-refractivity contribution is 0.415. The third-order valence-electron chi connectivity index (χ3n) is 6.05. The molecule has 2 N–H and O–H groups in total. The van der Waals surface area contributed by atoms with Gasteiger partial charge in [-0.25, -0.2) is 9.48 Å². The number of anilines is 1. The van der Waals surface area contributed by atoms with Gasteiger partial charge in [0, 0.05) is 52.2 Å². The first kappa shape index (κ1) is 21.3. The van der Waals surface area contributed by atoms with Crippen LogP contribution in [0.15, 0.2) is 34.1 Å². The van der Waals surface area contributed by atoms with Crippen LogP contribution in [0.4, 0.5) is 5.69 Å². The first-order chi connectivity index (χ1) is 15.2. The Hall–Kier alpha value is -2.97. The highest BCUT2D eigenvalue weighted by Crippen LogP contribution is 2.30. The Morgan fingerprint density at radius 1 is 1.29 bits per heavy atom. The Labute approximate surface area is 183 Å². The van der Waals surface area contributed by atoms with Crippen LogP contribution in [0.25, 0.3) is 0 Å². The number of nitrogens with zero attached hydrogens (tertiary/aromatic N) is 5. The highest BCUT2D eigenvalue weighted by Gasteiger charge is 2.25. The predicted octanol–water partition coefficient (Wildman–Crippen LogP) is 1.22. The molecule has 1 fully saturated rings. The van der Waals surface area contributed by atoms with Gasteiger partial charge in [-0.2, -0.15) is 5.10 Å². The summed E-state index contributed by atoms with van der Waals surface area (Å²) in [6, 6.07) is 8.45. The van der Waals surface area contributed by atoms with Gasteiger partial charge in [-0.05, 0) is 37.8 Å². The summed E-state index contributed by atoms with van der Waals surface area (Å²) in [6.45, 7) is 4.03. The smallest absolute Gasteiger partial charge is 0.345 e. The highest BCUT2D eigenvalue weighted by atomic mass is 16.5. The van der Waals surface area contributed by atoms with Crippen molar-refractivity contribution >= 4 is 11.6 Å². The lowest BCUT2D eigenvalue weighted by Gasteiger charge is -2.22. The zero-order valence-electron chi connectivity index (χ0n) is 18.5. The molecule has 0 bridgehead atoms. The quantitative estimate of drug-likeness (QED) is 0.393. The van der Waals surface area contributed by atoms with Crippen LogP contribution in [0.1, 0.15) is 31.5 Å². The molecular formula is C22H33N7O2. The van der Waals surface area contributed by atoms with Crippen LogP contribution in [-0.2, 0) is 19.5 Å². The summed E-state index contributed by atoms with van der Waals surface area (Å²) in [5, 5.41) is 11.4. The van der Waals surface area contributed by atoms with Crippen molar-refractivity contribution in [2.75, 3.05) is 38.7 Å². The number of aromatic nitrogens is 3. The Balaban J connectivity index is 1.23.